The van der Waals surface area contributed by atoms with Crippen LogP contribution in [0.3, 0.4) is 0 Å². The standard InChI is InChI=1S/C20H20BrN5O3S/c1-26-19(13-4-7-15(21)8-5-13)24-25-20(26)30-12-18(27)23-22-11-14-6-9-16(28-2)10-17(14)29-3/h4-11H,12H2,1-3H3,(H,23,27). The summed E-state index contributed by atoms with van der Waals surface area (Å²) in [6.07, 6.45) is 1.52. The highest BCUT2D eigenvalue weighted by Gasteiger charge is 2.13. The highest BCUT2D eigenvalue weighted by Crippen LogP contribution is 2.24. The largest absolute Gasteiger partial charge is 0.497 e. The number of methoxy groups -OCH3 is 2. The quantitative estimate of drug-likeness (QED) is 0.295. The molecule has 0 saturated carbocycles. The van der Waals surface area contributed by atoms with Crippen LogP contribution in [0.4, 0.5) is 0 Å². The molecule has 0 unspecified atom stereocenters. The first-order valence-electron chi connectivity index (χ1n) is 8.84. The van der Waals surface area contributed by atoms with Gasteiger partial charge in [-0.3, -0.25) is 4.79 Å². The summed E-state index contributed by atoms with van der Waals surface area (Å²) in [5.74, 6) is 1.91. The van der Waals surface area contributed by atoms with Gasteiger partial charge in [0.05, 0.1) is 26.2 Å². The molecule has 1 N–H and O–H groups in total. The molecule has 1 amide bonds. The minimum atomic E-state index is -0.253. The van der Waals surface area contributed by atoms with E-state index in [0.29, 0.717) is 16.7 Å². The third-order valence-corrected chi connectivity index (χ3v) is 5.65. The van der Waals surface area contributed by atoms with Crippen molar-refractivity contribution < 1.29 is 14.3 Å². The fourth-order valence-electron chi connectivity index (χ4n) is 2.55. The molecule has 0 atom stereocenters. The molecule has 8 nitrogen and oxygen atoms in total. The number of nitrogens with one attached hydrogen (secondary N) is 1. The topological polar surface area (TPSA) is 90.6 Å². The molecule has 1 heterocycles. The van der Waals surface area contributed by atoms with E-state index in [2.05, 4.69) is 36.7 Å². The number of rotatable bonds is 8. The van der Waals surface area contributed by atoms with Crippen LogP contribution >= 0.6 is 27.7 Å². The van der Waals surface area contributed by atoms with Gasteiger partial charge in [-0.15, -0.1) is 10.2 Å². The van der Waals surface area contributed by atoms with Crippen LogP contribution in [0.15, 0.2) is 57.2 Å². The van der Waals surface area contributed by atoms with Crippen molar-refractivity contribution in [2.24, 2.45) is 12.1 Å². The lowest BCUT2D eigenvalue weighted by molar-refractivity contribution is -0.118. The van der Waals surface area contributed by atoms with Gasteiger partial charge in [0.15, 0.2) is 11.0 Å². The minimum Gasteiger partial charge on any atom is -0.497 e. The van der Waals surface area contributed by atoms with Crippen molar-refractivity contribution in [3.8, 4) is 22.9 Å². The molecular weight excluding hydrogens is 470 g/mol. The Morgan fingerprint density at radius 2 is 1.97 bits per heavy atom. The lowest BCUT2D eigenvalue weighted by Gasteiger charge is -2.07. The normalized spacial score (nSPS) is 10.9. The number of carbonyl (C=O) groups excluding carboxylic acids is 1. The van der Waals surface area contributed by atoms with Gasteiger partial charge in [-0.1, -0.05) is 39.8 Å². The molecule has 0 saturated heterocycles. The molecule has 156 valence electrons. The van der Waals surface area contributed by atoms with Crippen molar-refractivity contribution in [2.75, 3.05) is 20.0 Å². The van der Waals surface area contributed by atoms with E-state index < -0.39 is 0 Å². The number of hydrogen-bond donors (Lipinski definition) is 1. The van der Waals surface area contributed by atoms with E-state index in [0.717, 1.165) is 21.4 Å². The molecule has 2 aromatic carbocycles. The van der Waals surface area contributed by atoms with E-state index in [1.165, 1.54) is 18.0 Å². The first-order chi connectivity index (χ1) is 14.5. The van der Waals surface area contributed by atoms with Gasteiger partial charge in [-0.2, -0.15) is 5.10 Å². The number of ether oxygens (including phenoxy) is 2. The second kappa shape index (κ2) is 10.3. The SMILES string of the molecule is COc1ccc(C=NNC(=O)CSc2nnc(-c3ccc(Br)cc3)n2C)c(OC)c1. The van der Waals surface area contributed by atoms with Crippen molar-refractivity contribution in [2.45, 2.75) is 5.16 Å². The fraction of sp³-hybridized carbons (Fsp3) is 0.200. The zero-order chi connectivity index (χ0) is 21.5. The minimum absolute atomic E-state index is 0.156. The fourth-order valence-corrected chi connectivity index (χ4v) is 3.52. The third kappa shape index (κ3) is 5.39. The highest BCUT2D eigenvalue weighted by atomic mass is 79.9. The predicted molar refractivity (Wildman–Crippen MR) is 120 cm³/mol. The van der Waals surface area contributed by atoms with E-state index in [1.807, 2.05) is 35.9 Å². The van der Waals surface area contributed by atoms with Crippen LogP contribution in [-0.4, -0.2) is 46.9 Å². The number of nitrogens with zero attached hydrogens (tertiary/aromatic N) is 4. The number of aromatic nitrogens is 3. The highest BCUT2D eigenvalue weighted by molar-refractivity contribution is 9.10. The first-order valence-corrected chi connectivity index (χ1v) is 10.6. The molecule has 0 aliphatic heterocycles. The number of thioether (sulfide) groups is 1. The molecule has 0 bridgehead atoms. The van der Waals surface area contributed by atoms with Crippen LogP contribution in [0.1, 0.15) is 5.56 Å². The molecule has 1 aromatic heterocycles. The van der Waals surface area contributed by atoms with Gasteiger partial charge in [0, 0.05) is 28.7 Å². The van der Waals surface area contributed by atoms with Crippen molar-refractivity contribution in [3.05, 3.63) is 52.5 Å². The number of carbonyl (C=O) groups is 1. The Balaban J connectivity index is 1.56. The van der Waals surface area contributed by atoms with Crippen molar-refractivity contribution >= 4 is 39.8 Å². The number of halogens is 1. The van der Waals surface area contributed by atoms with Crippen molar-refractivity contribution in [3.63, 3.8) is 0 Å². The molecule has 0 fully saturated rings. The first kappa shape index (κ1) is 21.8. The Morgan fingerprint density at radius 1 is 1.20 bits per heavy atom. The third-order valence-electron chi connectivity index (χ3n) is 4.10. The number of amides is 1. The van der Waals surface area contributed by atoms with Gasteiger partial charge >= 0.3 is 0 Å². The second-order valence-electron chi connectivity index (χ2n) is 6.06. The number of hydrazone groups is 1. The monoisotopic (exact) mass is 489 g/mol. The maximum Gasteiger partial charge on any atom is 0.250 e. The van der Waals surface area contributed by atoms with E-state index in [4.69, 9.17) is 9.47 Å². The van der Waals surface area contributed by atoms with Crippen LogP contribution in [0.2, 0.25) is 0 Å². The second-order valence-corrected chi connectivity index (χ2v) is 7.92. The van der Waals surface area contributed by atoms with E-state index in [-0.39, 0.29) is 11.7 Å². The van der Waals surface area contributed by atoms with Gasteiger partial charge in [0.1, 0.15) is 11.5 Å². The Kier molecular flexibility index (Phi) is 7.47. The summed E-state index contributed by atoms with van der Waals surface area (Å²) >= 11 is 4.70. The Hall–Kier alpha value is -2.85. The van der Waals surface area contributed by atoms with Crippen LogP contribution in [-0.2, 0) is 11.8 Å². The van der Waals surface area contributed by atoms with Crippen LogP contribution in [0.25, 0.3) is 11.4 Å². The Morgan fingerprint density at radius 3 is 2.67 bits per heavy atom. The van der Waals surface area contributed by atoms with Crippen LogP contribution < -0.4 is 14.9 Å². The van der Waals surface area contributed by atoms with Crippen molar-refractivity contribution in [1.82, 2.24) is 20.2 Å². The zero-order valence-corrected chi connectivity index (χ0v) is 19.0. The summed E-state index contributed by atoms with van der Waals surface area (Å²) in [4.78, 5) is 12.1. The molecule has 0 radical (unpaired) electrons. The van der Waals surface area contributed by atoms with Gasteiger partial charge in [-0.05, 0) is 24.3 Å². The molecule has 3 rings (SSSR count). The molecule has 0 aliphatic carbocycles. The number of hydrogen-bond acceptors (Lipinski definition) is 7. The molecule has 3 aromatic rings. The average molecular weight is 490 g/mol. The summed E-state index contributed by atoms with van der Waals surface area (Å²) in [6.45, 7) is 0. The maximum absolute atomic E-state index is 12.1. The van der Waals surface area contributed by atoms with Gasteiger partial charge in [0.2, 0.25) is 0 Å². The van der Waals surface area contributed by atoms with E-state index in [1.54, 1.807) is 32.4 Å². The van der Waals surface area contributed by atoms with Gasteiger partial charge in [0.25, 0.3) is 5.91 Å². The molecule has 0 aliphatic rings. The predicted octanol–water partition coefficient (Wildman–Crippen LogP) is 3.50. The summed E-state index contributed by atoms with van der Waals surface area (Å²) in [6, 6.07) is 13.1. The molecular formula is C20H20BrN5O3S. The summed E-state index contributed by atoms with van der Waals surface area (Å²) in [7, 11) is 5.01. The van der Waals surface area contributed by atoms with Gasteiger partial charge < -0.3 is 14.0 Å². The molecule has 0 spiro atoms. The average Bonchev–Trinajstić information content (AvgIpc) is 3.13. The summed E-state index contributed by atoms with van der Waals surface area (Å²) in [5.41, 5.74) is 4.17. The smallest absolute Gasteiger partial charge is 0.250 e. The van der Waals surface area contributed by atoms with Gasteiger partial charge in [-0.25, -0.2) is 5.43 Å². The van der Waals surface area contributed by atoms with E-state index >= 15 is 0 Å². The zero-order valence-electron chi connectivity index (χ0n) is 16.6. The van der Waals surface area contributed by atoms with Crippen LogP contribution in [0, 0.1) is 0 Å². The Bertz CT molecular complexity index is 1050. The molecule has 10 heteroatoms. The van der Waals surface area contributed by atoms with Crippen LogP contribution in [0.5, 0.6) is 11.5 Å². The lowest BCUT2D eigenvalue weighted by atomic mass is 10.2. The van der Waals surface area contributed by atoms with E-state index in [9.17, 15) is 4.79 Å². The molecule has 30 heavy (non-hydrogen) atoms. The van der Waals surface area contributed by atoms with Crippen molar-refractivity contribution in [1.29, 1.82) is 0 Å². The maximum atomic E-state index is 12.1. The Labute approximate surface area is 186 Å². The lowest BCUT2D eigenvalue weighted by Crippen LogP contribution is -2.20. The number of benzene rings is 2. The summed E-state index contributed by atoms with van der Waals surface area (Å²) < 4.78 is 13.3. The summed E-state index contributed by atoms with van der Waals surface area (Å²) in [5, 5.41) is 13.0.